The number of hydrogen-bond donors (Lipinski definition) is 0. The highest BCUT2D eigenvalue weighted by atomic mass is 127. The molecule has 2 rings (SSSR count). The minimum atomic E-state index is -5.01. The van der Waals surface area contributed by atoms with Gasteiger partial charge in [-0.15, -0.1) is 13.2 Å². The van der Waals surface area contributed by atoms with E-state index in [1.165, 1.54) is 34.7 Å². The molecule has 0 fully saturated rings. The molecular formula is C13H6F6INO. The topological polar surface area (TPSA) is 22.1 Å². The Bertz CT molecular complexity index is 683. The van der Waals surface area contributed by atoms with E-state index >= 15 is 0 Å². The van der Waals surface area contributed by atoms with Crippen molar-refractivity contribution < 1.29 is 31.1 Å². The molecule has 22 heavy (non-hydrogen) atoms. The summed E-state index contributed by atoms with van der Waals surface area (Å²) in [5.41, 5.74) is -1.86. The molecule has 0 aliphatic carbocycles. The lowest BCUT2D eigenvalue weighted by Crippen LogP contribution is -2.18. The Labute approximate surface area is 134 Å². The SMILES string of the molecule is FC(F)(F)Oc1ccccc1-c1c(C(F)(F)F)ccnc1I. The molecule has 0 atom stereocenters. The monoisotopic (exact) mass is 433 g/mol. The molecule has 0 aliphatic rings. The van der Waals surface area contributed by atoms with Gasteiger partial charge in [0.15, 0.2) is 0 Å². The molecule has 118 valence electrons. The molecule has 0 saturated carbocycles. The van der Waals surface area contributed by atoms with E-state index in [0.717, 1.165) is 18.3 Å². The molecule has 0 aliphatic heterocycles. The minimum Gasteiger partial charge on any atom is -0.405 e. The van der Waals surface area contributed by atoms with Gasteiger partial charge in [-0.25, -0.2) is 4.98 Å². The van der Waals surface area contributed by atoms with Gasteiger partial charge in [0.05, 0.1) is 5.56 Å². The van der Waals surface area contributed by atoms with Crippen LogP contribution in [-0.4, -0.2) is 11.3 Å². The Kier molecular flexibility index (Phi) is 4.54. The number of pyridine rings is 1. The van der Waals surface area contributed by atoms with Gasteiger partial charge in [0.25, 0.3) is 0 Å². The van der Waals surface area contributed by atoms with E-state index in [1.807, 2.05) is 0 Å². The first-order valence-electron chi connectivity index (χ1n) is 5.66. The predicted octanol–water partition coefficient (Wildman–Crippen LogP) is 5.27. The van der Waals surface area contributed by atoms with E-state index in [2.05, 4.69) is 9.72 Å². The largest absolute Gasteiger partial charge is 0.573 e. The van der Waals surface area contributed by atoms with E-state index in [0.29, 0.717) is 6.07 Å². The van der Waals surface area contributed by atoms with E-state index in [9.17, 15) is 26.3 Å². The van der Waals surface area contributed by atoms with Crippen molar-refractivity contribution in [2.75, 3.05) is 0 Å². The molecule has 0 radical (unpaired) electrons. The van der Waals surface area contributed by atoms with Crippen molar-refractivity contribution in [2.24, 2.45) is 0 Å². The van der Waals surface area contributed by atoms with Crippen molar-refractivity contribution in [1.82, 2.24) is 4.98 Å². The third-order valence-electron chi connectivity index (χ3n) is 2.59. The summed E-state index contributed by atoms with van der Waals surface area (Å²) in [4.78, 5) is 3.72. The minimum absolute atomic E-state index is 0.0781. The Balaban J connectivity index is 2.68. The number of benzene rings is 1. The van der Waals surface area contributed by atoms with Crippen molar-refractivity contribution in [3.63, 3.8) is 0 Å². The van der Waals surface area contributed by atoms with Crippen molar-refractivity contribution in [3.8, 4) is 16.9 Å². The molecule has 1 aromatic carbocycles. The molecule has 0 saturated heterocycles. The van der Waals surface area contributed by atoms with Gasteiger partial charge in [-0.2, -0.15) is 13.2 Å². The number of rotatable bonds is 2. The van der Waals surface area contributed by atoms with Crippen LogP contribution in [0.4, 0.5) is 26.3 Å². The van der Waals surface area contributed by atoms with Crippen LogP contribution in [0.3, 0.4) is 0 Å². The fourth-order valence-corrected chi connectivity index (χ4v) is 2.56. The van der Waals surface area contributed by atoms with Crippen LogP contribution < -0.4 is 4.74 Å². The first-order chi connectivity index (χ1) is 10.1. The average Bonchev–Trinajstić information content (AvgIpc) is 2.36. The van der Waals surface area contributed by atoms with Gasteiger partial charge in [0.1, 0.15) is 9.45 Å². The Morgan fingerprint density at radius 1 is 0.955 bits per heavy atom. The molecule has 9 heteroatoms. The zero-order chi connectivity index (χ0) is 16.5. The van der Waals surface area contributed by atoms with Crippen LogP contribution in [0, 0.1) is 3.70 Å². The standard InChI is InChI=1S/C13H6F6INO/c14-12(15,16)8-5-6-21-11(20)10(8)7-3-1-2-4-9(7)22-13(17,18)19/h1-6H. The molecule has 0 spiro atoms. The van der Waals surface area contributed by atoms with E-state index in [4.69, 9.17) is 0 Å². The van der Waals surface area contributed by atoms with Gasteiger partial charge in [-0.3, -0.25) is 0 Å². The number of alkyl halides is 6. The fourth-order valence-electron chi connectivity index (χ4n) is 1.82. The van der Waals surface area contributed by atoms with Gasteiger partial charge in [-0.05, 0) is 34.7 Å². The van der Waals surface area contributed by atoms with Crippen LogP contribution in [-0.2, 0) is 6.18 Å². The lowest BCUT2D eigenvalue weighted by atomic mass is 10.0. The van der Waals surface area contributed by atoms with Gasteiger partial charge in [-0.1, -0.05) is 18.2 Å². The second kappa shape index (κ2) is 5.94. The van der Waals surface area contributed by atoms with Crippen LogP contribution in [0.25, 0.3) is 11.1 Å². The summed E-state index contributed by atoms with van der Waals surface area (Å²) in [7, 11) is 0. The lowest BCUT2D eigenvalue weighted by molar-refractivity contribution is -0.274. The zero-order valence-corrected chi connectivity index (χ0v) is 12.6. The van der Waals surface area contributed by atoms with E-state index < -0.39 is 29.4 Å². The fraction of sp³-hybridized carbons (Fsp3) is 0.154. The number of ether oxygens (including phenoxy) is 1. The third kappa shape index (κ3) is 3.81. The van der Waals surface area contributed by atoms with Crippen molar-refractivity contribution in [3.05, 3.63) is 45.8 Å². The van der Waals surface area contributed by atoms with Crippen molar-refractivity contribution in [2.45, 2.75) is 12.5 Å². The second-order valence-corrected chi connectivity index (χ2v) is 5.09. The van der Waals surface area contributed by atoms with Gasteiger partial charge in [0, 0.05) is 17.3 Å². The summed E-state index contributed by atoms with van der Waals surface area (Å²) in [6.45, 7) is 0. The number of nitrogens with zero attached hydrogens (tertiary/aromatic N) is 1. The summed E-state index contributed by atoms with van der Waals surface area (Å²) < 4.78 is 80.2. The quantitative estimate of drug-likeness (QED) is 0.366. The highest BCUT2D eigenvalue weighted by Gasteiger charge is 2.37. The first-order valence-corrected chi connectivity index (χ1v) is 6.74. The maximum absolute atomic E-state index is 13.1. The summed E-state index contributed by atoms with van der Waals surface area (Å²) in [6.07, 6.45) is -8.80. The molecule has 1 aromatic heterocycles. The molecule has 2 aromatic rings. The van der Waals surface area contributed by atoms with Crippen LogP contribution in [0.2, 0.25) is 0 Å². The van der Waals surface area contributed by atoms with Crippen molar-refractivity contribution in [1.29, 1.82) is 0 Å². The van der Waals surface area contributed by atoms with Crippen molar-refractivity contribution >= 4 is 22.6 Å². The average molecular weight is 433 g/mol. The summed E-state index contributed by atoms with van der Waals surface area (Å²) in [6, 6.07) is 5.34. The van der Waals surface area contributed by atoms with E-state index in [-0.39, 0.29) is 9.26 Å². The highest BCUT2D eigenvalue weighted by molar-refractivity contribution is 14.1. The number of halogens is 7. The summed E-state index contributed by atoms with van der Waals surface area (Å²) in [5, 5.41) is 0. The molecule has 0 unspecified atom stereocenters. The van der Waals surface area contributed by atoms with Crippen LogP contribution in [0.1, 0.15) is 5.56 Å². The maximum Gasteiger partial charge on any atom is 0.573 e. The van der Waals surface area contributed by atoms with Crippen LogP contribution in [0.15, 0.2) is 36.5 Å². The lowest BCUT2D eigenvalue weighted by Gasteiger charge is -2.17. The molecule has 0 bridgehead atoms. The Morgan fingerprint density at radius 2 is 1.59 bits per heavy atom. The summed E-state index contributed by atoms with van der Waals surface area (Å²) >= 11 is 1.54. The molecule has 0 amide bonds. The number of hydrogen-bond acceptors (Lipinski definition) is 2. The number of aromatic nitrogens is 1. The predicted molar refractivity (Wildman–Crippen MR) is 74.1 cm³/mol. The normalized spacial score (nSPS) is 12.3. The Morgan fingerprint density at radius 3 is 2.18 bits per heavy atom. The zero-order valence-electron chi connectivity index (χ0n) is 10.5. The molecule has 2 nitrogen and oxygen atoms in total. The van der Waals surface area contributed by atoms with Crippen LogP contribution in [0.5, 0.6) is 5.75 Å². The molecule has 1 heterocycles. The number of para-hydroxylation sites is 1. The van der Waals surface area contributed by atoms with E-state index in [1.54, 1.807) is 0 Å². The van der Waals surface area contributed by atoms with Gasteiger partial charge < -0.3 is 4.74 Å². The Hall–Kier alpha value is -1.52. The summed E-state index contributed by atoms with van der Waals surface area (Å²) in [5.74, 6) is -0.716. The first kappa shape index (κ1) is 16.8. The third-order valence-corrected chi connectivity index (χ3v) is 3.41. The van der Waals surface area contributed by atoms with Crippen LogP contribution >= 0.6 is 22.6 Å². The molecule has 0 N–H and O–H groups in total. The van der Waals surface area contributed by atoms with Gasteiger partial charge in [0.2, 0.25) is 0 Å². The smallest absolute Gasteiger partial charge is 0.405 e. The maximum atomic E-state index is 13.1. The highest BCUT2D eigenvalue weighted by Crippen LogP contribution is 2.42. The second-order valence-electron chi connectivity index (χ2n) is 4.07. The van der Waals surface area contributed by atoms with Gasteiger partial charge >= 0.3 is 12.5 Å². The molecular weight excluding hydrogens is 427 g/mol.